The molecule has 0 spiro atoms. The van der Waals surface area contributed by atoms with Crippen LogP contribution in [-0.4, -0.2) is 23.0 Å². The van der Waals surface area contributed by atoms with Gasteiger partial charge in [-0.15, -0.1) is 11.3 Å². The zero-order valence-corrected chi connectivity index (χ0v) is 10.8. The van der Waals surface area contributed by atoms with Crippen molar-refractivity contribution in [1.82, 2.24) is 10.3 Å². The summed E-state index contributed by atoms with van der Waals surface area (Å²) in [5.41, 5.74) is 1.14. The molecule has 1 aromatic rings. The topological polar surface area (TPSA) is 24.9 Å². The number of aromatic nitrogens is 1. The molecule has 1 aliphatic heterocycles. The average molecular weight is 242 g/mol. The van der Waals surface area contributed by atoms with E-state index in [1.54, 1.807) is 11.3 Å². The van der Waals surface area contributed by atoms with E-state index in [4.69, 9.17) is 0 Å². The van der Waals surface area contributed by atoms with E-state index in [1.165, 1.54) is 35.9 Å². The number of thiazole rings is 1. The van der Waals surface area contributed by atoms with E-state index in [1.807, 2.05) is 0 Å². The van der Waals surface area contributed by atoms with E-state index in [0.717, 1.165) is 18.2 Å². The Morgan fingerprint density at radius 2 is 2.27 bits per heavy atom. The van der Waals surface area contributed by atoms with Crippen LogP contribution in [0.1, 0.15) is 23.5 Å². The van der Waals surface area contributed by atoms with Gasteiger partial charge in [0.15, 0.2) is 0 Å². The summed E-state index contributed by atoms with van der Waals surface area (Å²) >= 11 is 3.85. The third-order valence-electron chi connectivity index (χ3n) is 2.72. The number of nitrogens with zero attached hydrogens (tertiary/aromatic N) is 1. The van der Waals surface area contributed by atoms with Crippen LogP contribution in [0.2, 0.25) is 0 Å². The molecule has 2 rings (SSSR count). The first kappa shape index (κ1) is 11.4. The average Bonchev–Trinajstić information content (AvgIpc) is 2.66. The second kappa shape index (κ2) is 5.87. The van der Waals surface area contributed by atoms with Gasteiger partial charge in [-0.3, -0.25) is 0 Å². The zero-order chi connectivity index (χ0) is 10.5. The predicted molar refractivity (Wildman–Crippen MR) is 68.6 cm³/mol. The van der Waals surface area contributed by atoms with Crippen molar-refractivity contribution < 1.29 is 0 Å². The van der Waals surface area contributed by atoms with Crippen LogP contribution in [0.5, 0.6) is 0 Å². The maximum Gasteiger partial charge on any atom is 0.107 e. The molecule has 2 heterocycles. The van der Waals surface area contributed by atoms with E-state index in [0.29, 0.717) is 0 Å². The number of thioether (sulfide) groups is 1. The van der Waals surface area contributed by atoms with Gasteiger partial charge in [-0.25, -0.2) is 4.98 Å². The molecule has 1 fully saturated rings. The highest BCUT2D eigenvalue weighted by atomic mass is 32.2. The van der Waals surface area contributed by atoms with Gasteiger partial charge < -0.3 is 5.32 Å². The highest BCUT2D eigenvalue weighted by Crippen LogP contribution is 2.22. The second-order valence-corrected chi connectivity index (χ2v) is 6.24. The van der Waals surface area contributed by atoms with Gasteiger partial charge in [0.1, 0.15) is 5.01 Å². The number of hydrogen-bond donors (Lipinski definition) is 1. The number of nitrogens with one attached hydrogen (secondary N) is 1. The van der Waals surface area contributed by atoms with Crippen LogP contribution in [-0.2, 0) is 6.54 Å². The fourth-order valence-electron chi connectivity index (χ4n) is 1.82. The zero-order valence-electron chi connectivity index (χ0n) is 9.16. The maximum atomic E-state index is 4.45. The first-order chi connectivity index (χ1) is 7.34. The fraction of sp³-hybridized carbons (Fsp3) is 0.727. The molecule has 2 nitrogen and oxygen atoms in total. The van der Waals surface area contributed by atoms with Gasteiger partial charge in [-0.2, -0.15) is 11.8 Å². The van der Waals surface area contributed by atoms with Crippen molar-refractivity contribution in [3.63, 3.8) is 0 Å². The van der Waals surface area contributed by atoms with Gasteiger partial charge in [0.2, 0.25) is 0 Å². The molecule has 0 atom stereocenters. The third-order valence-corrected chi connectivity index (χ3v) is 4.73. The standard InChI is InChI=1S/C11H18N2S2/c1-9-8-15-11(13-9)7-12-6-10-2-4-14-5-3-10/h8,10,12H,2-7H2,1H3. The Balaban J connectivity index is 1.65. The van der Waals surface area contributed by atoms with Crippen LogP contribution in [0, 0.1) is 12.8 Å². The maximum absolute atomic E-state index is 4.45. The van der Waals surface area contributed by atoms with Crippen molar-refractivity contribution in [1.29, 1.82) is 0 Å². The lowest BCUT2D eigenvalue weighted by molar-refractivity contribution is 0.447. The molecule has 0 unspecified atom stereocenters. The van der Waals surface area contributed by atoms with Crippen molar-refractivity contribution in [3.8, 4) is 0 Å². The Kier molecular flexibility index (Phi) is 4.47. The number of rotatable bonds is 4. The minimum absolute atomic E-state index is 0.896. The molecule has 15 heavy (non-hydrogen) atoms. The van der Waals surface area contributed by atoms with Gasteiger partial charge in [-0.05, 0) is 43.7 Å². The van der Waals surface area contributed by atoms with Crippen molar-refractivity contribution in [2.24, 2.45) is 5.92 Å². The van der Waals surface area contributed by atoms with Gasteiger partial charge in [0, 0.05) is 17.6 Å². The van der Waals surface area contributed by atoms with Crippen LogP contribution in [0.4, 0.5) is 0 Å². The first-order valence-electron chi connectivity index (χ1n) is 5.54. The smallest absolute Gasteiger partial charge is 0.107 e. The minimum Gasteiger partial charge on any atom is -0.310 e. The highest BCUT2D eigenvalue weighted by Gasteiger charge is 2.12. The highest BCUT2D eigenvalue weighted by molar-refractivity contribution is 7.99. The summed E-state index contributed by atoms with van der Waals surface area (Å²) in [5.74, 6) is 3.60. The van der Waals surface area contributed by atoms with Crippen LogP contribution in [0.25, 0.3) is 0 Å². The number of hydrogen-bond acceptors (Lipinski definition) is 4. The van der Waals surface area contributed by atoms with Gasteiger partial charge >= 0.3 is 0 Å². The molecular formula is C11H18N2S2. The Morgan fingerprint density at radius 3 is 2.93 bits per heavy atom. The summed E-state index contributed by atoms with van der Waals surface area (Å²) in [6.45, 7) is 4.17. The summed E-state index contributed by atoms with van der Waals surface area (Å²) in [5, 5.41) is 6.86. The molecule has 0 aromatic carbocycles. The summed E-state index contributed by atoms with van der Waals surface area (Å²) in [6.07, 6.45) is 2.77. The van der Waals surface area contributed by atoms with Gasteiger partial charge in [0.05, 0.1) is 0 Å². The molecule has 0 aliphatic carbocycles. The lowest BCUT2D eigenvalue weighted by Gasteiger charge is -2.21. The quantitative estimate of drug-likeness (QED) is 0.879. The van der Waals surface area contributed by atoms with Gasteiger partial charge in [0.25, 0.3) is 0 Å². The predicted octanol–water partition coefficient (Wildman–Crippen LogP) is 2.68. The molecule has 84 valence electrons. The molecule has 1 N–H and O–H groups in total. The first-order valence-corrected chi connectivity index (χ1v) is 7.57. The largest absolute Gasteiger partial charge is 0.310 e. The minimum atomic E-state index is 0.896. The molecule has 1 aromatic heterocycles. The van der Waals surface area contributed by atoms with Crippen molar-refractivity contribution in [2.75, 3.05) is 18.1 Å². The Hall–Kier alpha value is -0.0600. The van der Waals surface area contributed by atoms with Crippen molar-refractivity contribution in [2.45, 2.75) is 26.3 Å². The second-order valence-electron chi connectivity index (χ2n) is 4.07. The lowest BCUT2D eigenvalue weighted by Crippen LogP contribution is -2.25. The van der Waals surface area contributed by atoms with E-state index < -0.39 is 0 Å². The Bertz CT molecular complexity index is 293. The number of aryl methyl sites for hydroxylation is 1. The van der Waals surface area contributed by atoms with E-state index in [2.05, 4.69) is 34.4 Å². The van der Waals surface area contributed by atoms with E-state index >= 15 is 0 Å². The molecule has 1 aliphatic rings. The monoisotopic (exact) mass is 242 g/mol. The van der Waals surface area contributed by atoms with Crippen LogP contribution < -0.4 is 5.32 Å². The normalized spacial score (nSPS) is 18.2. The van der Waals surface area contributed by atoms with Crippen molar-refractivity contribution >= 4 is 23.1 Å². The molecule has 1 saturated heterocycles. The molecule has 0 radical (unpaired) electrons. The van der Waals surface area contributed by atoms with Crippen LogP contribution in [0.15, 0.2) is 5.38 Å². The summed E-state index contributed by atoms with van der Waals surface area (Å²) < 4.78 is 0. The van der Waals surface area contributed by atoms with E-state index in [-0.39, 0.29) is 0 Å². The molecule has 0 saturated carbocycles. The molecular weight excluding hydrogens is 224 g/mol. The van der Waals surface area contributed by atoms with Gasteiger partial charge in [-0.1, -0.05) is 0 Å². The van der Waals surface area contributed by atoms with Crippen LogP contribution >= 0.6 is 23.1 Å². The molecule has 0 amide bonds. The molecule has 0 bridgehead atoms. The summed E-state index contributed by atoms with van der Waals surface area (Å²) in [7, 11) is 0. The fourth-order valence-corrected chi connectivity index (χ4v) is 3.76. The van der Waals surface area contributed by atoms with E-state index in [9.17, 15) is 0 Å². The third kappa shape index (κ3) is 3.78. The Morgan fingerprint density at radius 1 is 1.47 bits per heavy atom. The Labute approximate surface area is 99.9 Å². The SMILES string of the molecule is Cc1csc(CNCC2CCSCC2)n1. The summed E-state index contributed by atoms with van der Waals surface area (Å²) in [4.78, 5) is 4.45. The van der Waals surface area contributed by atoms with Crippen molar-refractivity contribution in [3.05, 3.63) is 16.1 Å². The van der Waals surface area contributed by atoms with Crippen LogP contribution in [0.3, 0.4) is 0 Å². The lowest BCUT2D eigenvalue weighted by atomic mass is 10.0. The summed E-state index contributed by atoms with van der Waals surface area (Å²) in [6, 6.07) is 0. The molecule has 4 heteroatoms.